The maximum Gasteiger partial charge on any atom is 0.238 e. The fraction of sp³-hybridized carbons (Fsp3) is 0.286. The van der Waals surface area contributed by atoms with Crippen molar-refractivity contribution in [3.05, 3.63) is 40.6 Å². The van der Waals surface area contributed by atoms with Crippen molar-refractivity contribution in [1.82, 2.24) is 0 Å². The van der Waals surface area contributed by atoms with Gasteiger partial charge in [0.25, 0.3) is 0 Å². The van der Waals surface area contributed by atoms with Crippen molar-refractivity contribution in [2.45, 2.75) is 13.8 Å². The van der Waals surface area contributed by atoms with Gasteiger partial charge in [-0.25, -0.2) is 0 Å². The zero-order chi connectivity index (χ0) is 24.1. The number of nitrogens with two attached hydrogens (primary N) is 1. The third-order valence-corrected chi connectivity index (χ3v) is 5.42. The zero-order valence-corrected chi connectivity index (χ0v) is 18.8. The van der Waals surface area contributed by atoms with E-state index in [2.05, 4.69) is 0 Å². The lowest BCUT2D eigenvalue weighted by molar-refractivity contribution is 0.291. The van der Waals surface area contributed by atoms with Crippen LogP contribution in [0.4, 0.5) is 0 Å². The topological polar surface area (TPSA) is 173 Å². The van der Waals surface area contributed by atoms with Crippen LogP contribution in [0.3, 0.4) is 0 Å². The van der Waals surface area contributed by atoms with Gasteiger partial charge < -0.3 is 39.8 Å². The molecule has 11 heteroatoms. The first-order chi connectivity index (χ1) is 15.0. The zero-order valence-electron chi connectivity index (χ0n) is 17.9. The summed E-state index contributed by atoms with van der Waals surface area (Å²) in [5.74, 6) is -2.24. The minimum atomic E-state index is -3.04. The number of benzene rings is 2. The van der Waals surface area contributed by atoms with Crippen molar-refractivity contribution < 1.29 is 38.7 Å². The van der Waals surface area contributed by atoms with E-state index >= 15 is 0 Å². The summed E-state index contributed by atoms with van der Waals surface area (Å²) >= 11 is 0. The molecule has 3 rings (SSSR count). The van der Waals surface area contributed by atoms with Crippen LogP contribution in [0.5, 0.6) is 28.7 Å². The summed E-state index contributed by atoms with van der Waals surface area (Å²) in [6.07, 6.45) is -0.298. The Morgan fingerprint density at radius 2 is 1.72 bits per heavy atom. The normalized spacial score (nSPS) is 12.6. The van der Waals surface area contributed by atoms with Crippen molar-refractivity contribution in [2.75, 3.05) is 26.2 Å². The lowest BCUT2D eigenvalue weighted by Crippen LogP contribution is -2.04. The molecule has 1 heterocycles. The van der Waals surface area contributed by atoms with Gasteiger partial charge in [0.05, 0.1) is 6.61 Å². The van der Waals surface area contributed by atoms with E-state index in [4.69, 9.17) is 19.4 Å². The quantitative estimate of drug-likeness (QED) is 0.338. The Morgan fingerprint density at radius 3 is 2.34 bits per heavy atom. The minimum absolute atomic E-state index is 0.0646. The molecular weight excluding hydrogens is 441 g/mol. The second-order valence-corrected chi connectivity index (χ2v) is 9.29. The summed E-state index contributed by atoms with van der Waals surface area (Å²) in [4.78, 5) is 12.4. The molecule has 0 aliphatic heterocycles. The third kappa shape index (κ3) is 5.73. The fourth-order valence-corrected chi connectivity index (χ4v) is 3.73. The van der Waals surface area contributed by atoms with Crippen LogP contribution in [0.15, 0.2) is 39.5 Å². The number of hydrogen-bond acceptors (Lipinski definition) is 10. The number of fused-ring (bicyclic) bond motifs is 1. The molecule has 0 fully saturated rings. The largest absolute Gasteiger partial charge is 0.508 e. The summed E-state index contributed by atoms with van der Waals surface area (Å²) in [5, 5.41) is 39.5. The van der Waals surface area contributed by atoms with Crippen molar-refractivity contribution in [3.63, 3.8) is 0 Å². The van der Waals surface area contributed by atoms with Gasteiger partial charge in [0, 0.05) is 24.4 Å². The molecule has 2 aromatic carbocycles. The molecular formula is C21H26NO9P. The first-order valence-electron chi connectivity index (χ1n) is 9.63. The molecule has 3 aromatic rings. The van der Waals surface area contributed by atoms with E-state index in [0.717, 1.165) is 18.7 Å². The number of hydrogen-bond donors (Lipinski definition) is 5. The Bertz CT molecular complexity index is 1210. The lowest BCUT2D eigenvalue weighted by atomic mass is 10.1. The Labute approximate surface area is 183 Å². The lowest BCUT2D eigenvalue weighted by Gasteiger charge is -2.15. The average molecular weight is 467 g/mol. The molecule has 0 spiro atoms. The van der Waals surface area contributed by atoms with Crippen LogP contribution in [-0.4, -0.2) is 46.6 Å². The van der Waals surface area contributed by atoms with Gasteiger partial charge in [-0.15, -0.1) is 0 Å². The smallest absolute Gasteiger partial charge is 0.238 e. The van der Waals surface area contributed by atoms with Gasteiger partial charge >= 0.3 is 0 Å². The second kappa shape index (κ2) is 10.4. The van der Waals surface area contributed by atoms with Crippen LogP contribution >= 0.6 is 7.37 Å². The maximum absolute atomic E-state index is 12.4. The Balaban J connectivity index is 0.00000114. The monoisotopic (exact) mass is 467 g/mol. The van der Waals surface area contributed by atoms with E-state index in [1.165, 1.54) is 24.9 Å². The highest BCUT2D eigenvalue weighted by Gasteiger charge is 2.21. The predicted octanol–water partition coefficient (Wildman–Crippen LogP) is 3.53. The predicted molar refractivity (Wildman–Crippen MR) is 120 cm³/mol. The highest BCUT2D eigenvalue weighted by atomic mass is 31.2. The SMILES string of the molecule is CCN.CCOP(C)(=O)COc1cc(-c2oc3cc(O)cc(O)c3c(=O)c2O)ccc1O. The third-order valence-electron chi connectivity index (χ3n) is 4.01. The van der Waals surface area contributed by atoms with Crippen LogP contribution in [0, 0.1) is 0 Å². The fourth-order valence-electron chi connectivity index (χ4n) is 2.74. The van der Waals surface area contributed by atoms with Crippen LogP contribution in [0.25, 0.3) is 22.3 Å². The van der Waals surface area contributed by atoms with Crippen molar-refractivity contribution in [1.29, 1.82) is 0 Å². The van der Waals surface area contributed by atoms with Gasteiger partial charge in [-0.2, -0.15) is 0 Å². The van der Waals surface area contributed by atoms with E-state index in [1.807, 2.05) is 6.92 Å². The van der Waals surface area contributed by atoms with Crippen molar-refractivity contribution >= 4 is 18.3 Å². The summed E-state index contributed by atoms with van der Waals surface area (Å²) in [5.41, 5.74) is 3.97. The Kier molecular flexibility index (Phi) is 8.15. The van der Waals surface area contributed by atoms with Crippen molar-refractivity contribution in [2.24, 2.45) is 5.73 Å². The van der Waals surface area contributed by atoms with Crippen LogP contribution in [0.2, 0.25) is 0 Å². The molecule has 174 valence electrons. The molecule has 0 amide bonds. The van der Waals surface area contributed by atoms with Crippen molar-refractivity contribution in [3.8, 4) is 40.1 Å². The van der Waals surface area contributed by atoms with E-state index < -0.39 is 24.3 Å². The maximum atomic E-state index is 12.4. The number of ether oxygens (including phenoxy) is 1. The highest BCUT2D eigenvalue weighted by Crippen LogP contribution is 2.44. The first kappa shape index (κ1) is 25.1. The molecule has 1 aromatic heterocycles. The molecule has 0 saturated carbocycles. The summed E-state index contributed by atoms with van der Waals surface area (Å²) < 4.78 is 28.2. The molecule has 0 aliphatic carbocycles. The van der Waals surface area contributed by atoms with Crippen LogP contribution in [0.1, 0.15) is 13.8 Å². The standard InChI is InChI=1S/C19H19O9P.C2H7N/c1-3-27-29(2,25)9-26-14-6-10(4-5-12(14)21)19-18(24)17(23)16-13(22)7-11(20)8-15(16)28-19;1-2-3/h4-8,20-22,24H,3,9H2,1-2H3;2-3H2,1H3. The number of phenolic OH excluding ortho intramolecular Hbond substituents is 3. The van der Waals surface area contributed by atoms with Gasteiger partial charge in [-0.3, -0.25) is 9.36 Å². The molecule has 0 saturated heterocycles. The highest BCUT2D eigenvalue weighted by molar-refractivity contribution is 7.57. The molecule has 0 bridgehead atoms. The van der Waals surface area contributed by atoms with Crippen LogP contribution < -0.4 is 15.9 Å². The number of phenols is 3. The van der Waals surface area contributed by atoms with Gasteiger partial charge in [0.2, 0.25) is 18.5 Å². The van der Waals surface area contributed by atoms with E-state index in [-0.39, 0.29) is 52.5 Å². The summed E-state index contributed by atoms with van der Waals surface area (Å²) in [7, 11) is -3.04. The molecule has 10 nitrogen and oxygen atoms in total. The summed E-state index contributed by atoms with van der Waals surface area (Å²) in [6.45, 7) is 5.97. The van der Waals surface area contributed by atoms with Crippen LogP contribution in [-0.2, 0) is 9.09 Å². The molecule has 0 radical (unpaired) electrons. The van der Waals surface area contributed by atoms with E-state index in [9.17, 15) is 29.8 Å². The molecule has 6 N–H and O–H groups in total. The minimum Gasteiger partial charge on any atom is -0.508 e. The van der Waals surface area contributed by atoms with E-state index in [1.54, 1.807) is 6.92 Å². The molecule has 0 aliphatic rings. The molecule has 1 atom stereocenters. The Hall–Kier alpha value is -3.20. The second-order valence-electron chi connectivity index (χ2n) is 6.74. The Morgan fingerprint density at radius 1 is 1.06 bits per heavy atom. The molecule has 1 unspecified atom stereocenters. The van der Waals surface area contributed by atoms with Gasteiger partial charge in [-0.1, -0.05) is 6.92 Å². The van der Waals surface area contributed by atoms with Gasteiger partial charge in [-0.05, 0) is 31.7 Å². The van der Waals surface area contributed by atoms with Gasteiger partial charge in [0.15, 0.2) is 23.6 Å². The number of aromatic hydroxyl groups is 4. The van der Waals surface area contributed by atoms with E-state index in [0.29, 0.717) is 0 Å². The first-order valence-corrected chi connectivity index (χ1v) is 11.9. The summed E-state index contributed by atoms with van der Waals surface area (Å²) in [6, 6.07) is 5.96. The number of rotatable bonds is 6. The van der Waals surface area contributed by atoms with Gasteiger partial charge in [0.1, 0.15) is 22.5 Å². The molecule has 32 heavy (non-hydrogen) atoms. The average Bonchev–Trinajstić information content (AvgIpc) is 2.70.